The summed E-state index contributed by atoms with van der Waals surface area (Å²) in [5, 5.41) is 2.85. The van der Waals surface area contributed by atoms with Gasteiger partial charge >= 0.3 is 0 Å². The highest BCUT2D eigenvalue weighted by Crippen LogP contribution is 2.21. The van der Waals surface area contributed by atoms with Crippen LogP contribution >= 0.6 is 0 Å². The fourth-order valence-corrected chi connectivity index (χ4v) is 4.17. The van der Waals surface area contributed by atoms with Crippen LogP contribution in [0.25, 0.3) is 0 Å². The molecule has 26 heavy (non-hydrogen) atoms. The molecule has 1 N–H and O–H groups in total. The van der Waals surface area contributed by atoms with Crippen molar-refractivity contribution >= 4 is 21.6 Å². The molecule has 1 amide bonds. The Morgan fingerprint density at radius 2 is 1.88 bits per heavy atom. The number of nitrogens with one attached hydrogen (secondary N) is 1. The van der Waals surface area contributed by atoms with Gasteiger partial charge in [0.05, 0.1) is 25.2 Å². The number of nitrogens with zero attached hydrogens (tertiary/aromatic N) is 2. The quantitative estimate of drug-likeness (QED) is 0.720. The molecular formula is C18H29N3O4S. The van der Waals surface area contributed by atoms with Crippen molar-refractivity contribution in [2.45, 2.75) is 26.3 Å². The molecule has 1 aromatic rings. The predicted molar refractivity (Wildman–Crippen MR) is 103 cm³/mol. The molecular weight excluding hydrogens is 354 g/mol. The van der Waals surface area contributed by atoms with E-state index in [4.69, 9.17) is 4.74 Å². The van der Waals surface area contributed by atoms with Gasteiger partial charge < -0.3 is 10.1 Å². The summed E-state index contributed by atoms with van der Waals surface area (Å²) in [5.74, 6) is -0.303. The van der Waals surface area contributed by atoms with Crippen LogP contribution in [0.4, 0.5) is 5.69 Å². The molecule has 0 aromatic heterocycles. The largest absolute Gasteiger partial charge is 0.379 e. The van der Waals surface area contributed by atoms with Gasteiger partial charge in [0.25, 0.3) is 0 Å². The Morgan fingerprint density at radius 3 is 2.42 bits per heavy atom. The smallest absolute Gasteiger partial charge is 0.243 e. The number of aryl methyl sites for hydroxylation is 1. The molecule has 1 aromatic carbocycles. The Labute approximate surface area is 156 Å². The van der Waals surface area contributed by atoms with E-state index in [9.17, 15) is 13.2 Å². The minimum absolute atomic E-state index is 0.303. The first-order chi connectivity index (χ1) is 12.3. The average Bonchev–Trinajstić information content (AvgIpc) is 2.62. The highest BCUT2D eigenvalue weighted by atomic mass is 32.2. The summed E-state index contributed by atoms with van der Waals surface area (Å²) in [6.07, 6.45) is 2.00. The number of hydrogen-bond acceptors (Lipinski definition) is 5. The second kappa shape index (κ2) is 9.34. The third-order valence-electron chi connectivity index (χ3n) is 4.52. The van der Waals surface area contributed by atoms with Crippen LogP contribution in [0.5, 0.6) is 0 Å². The molecule has 8 heteroatoms. The summed E-state index contributed by atoms with van der Waals surface area (Å²) in [6, 6.07) is 6.45. The third-order valence-corrected chi connectivity index (χ3v) is 5.76. The van der Waals surface area contributed by atoms with Gasteiger partial charge in [-0.3, -0.25) is 14.0 Å². The van der Waals surface area contributed by atoms with Gasteiger partial charge in [-0.15, -0.1) is 0 Å². The number of carbonyl (C=O) groups excluding carboxylic acids is 1. The maximum Gasteiger partial charge on any atom is 0.243 e. The molecule has 1 atom stereocenters. The van der Waals surface area contributed by atoms with Crippen molar-refractivity contribution in [1.82, 2.24) is 10.2 Å². The van der Waals surface area contributed by atoms with Crippen molar-refractivity contribution in [1.29, 1.82) is 0 Å². The molecule has 1 fully saturated rings. The first-order valence-corrected chi connectivity index (χ1v) is 10.8. The lowest BCUT2D eigenvalue weighted by Gasteiger charge is -2.29. The van der Waals surface area contributed by atoms with Crippen LogP contribution < -0.4 is 9.62 Å². The number of benzene rings is 1. The van der Waals surface area contributed by atoms with E-state index in [1.54, 1.807) is 19.1 Å². The Hall–Kier alpha value is -1.64. The standard InChI is InChI=1S/C18H29N3O4S/c1-4-16-5-7-17(8-6-16)21(26(3,23)24)15(2)18(22)19-9-10-20-11-13-25-14-12-20/h5-8,15H,4,9-14H2,1-3H3,(H,19,22)/t15-/m1/s1. The Bertz CT molecular complexity index is 685. The normalized spacial score (nSPS) is 16.9. The van der Waals surface area contributed by atoms with Gasteiger partial charge in [-0.05, 0) is 31.0 Å². The van der Waals surface area contributed by atoms with Crippen molar-refractivity contribution in [3.8, 4) is 0 Å². The summed E-state index contributed by atoms with van der Waals surface area (Å²) in [7, 11) is -3.58. The van der Waals surface area contributed by atoms with Crippen LogP contribution in [0.2, 0.25) is 0 Å². The van der Waals surface area contributed by atoms with E-state index >= 15 is 0 Å². The molecule has 1 saturated heterocycles. The topological polar surface area (TPSA) is 79.0 Å². The number of sulfonamides is 1. The zero-order valence-electron chi connectivity index (χ0n) is 15.8. The fourth-order valence-electron chi connectivity index (χ4n) is 3.00. The predicted octanol–water partition coefficient (Wildman–Crippen LogP) is 0.852. The highest BCUT2D eigenvalue weighted by Gasteiger charge is 2.29. The summed E-state index contributed by atoms with van der Waals surface area (Å²) in [5.41, 5.74) is 1.62. The van der Waals surface area contributed by atoms with Gasteiger partial charge in [-0.1, -0.05) is 19.1 Å². The zero-order chi connectivity index (χ0) is 19.2. The highest BCUT2D eigenvalue weighted by molar-refractivity contribution is 7.92. The van der Waals surface area contributed by atoms with E-state index in [0.717, 1.165) is 37.9 Å². The van der Waals surface area contributed by atoms with Gasteiger partial charge in [-0.2, -0.15) is 0 Å². The van der Waals surface area contributed by atoms with Crippen LogP contribution in [0.3, 0.4) is 0 Å². The monoisotopic (exact) mass is 383 g/mol. The molecule has 1 heterocycles. The molecule has 2 rings (SSSR count). The van der Waals surface area contributed by atoms with E-state index < -0.39 is 16.1 Å². The molecule has 146 valence electrons. The number of morpholine rings is 1. The molecule has 0 unspecified atom stereocenters. The minimum Gasteiger partial charge on any atom is -0.379 e. The molecule has 1 aliphatic rings. The minimum atomic E-state index is -3.58. The van der Waals surface area contributed by atoms with E-state index in [-0.39, 0.29) is 5.91 Å². The number of rotatable bonds is 8. The summed E-state index contributed by atoms with van der Waals surface area (Å²) in [4.78, 5) is 14.7. The second-order valence-corrected chi connectivity index (χ2v) is 8.36. The summed E-state index contributed by atoms with van der Waals surface area (Å²) in [6.45, 7) is 7.98. The van der Waals surface area contributed by atoms with Crippen molar-refractivity contribution in [3.63, 3.8) is 0 Å². The first-order valence-electron chi connectivity index (χ1n) is 8.99. The fraction of sp³-hybridized carbons (Fsp3) is 0.611. The van der Waals surface area contributed by atoms with E-state index in [0.29, 0.717) is 25.4 Å². The van der Waals surface area contributed by atoms with Gasteiger partial charge in [0.2, 0.25) is 15.9 Å². The SMILES string of the molecule is CCc1ccc(N([C@H](C)C(=O)NCCN2CCOCC2)S(C)(=O)=O)cc1. The van der Waals surface area contributed by atoms with Gasteiger partial charge in [0.15, 0.2) is 0 Å². The van der Waals surface area contributed by atoms with E-state index in [1.165, 1.54) is 4.31 Å². The van der Waals surface area contributed by atoms with Crippen molar-refractivity contribution in [2.75, 3.05) is 50.0 Å². The van der Waals surface area contributed by atoms with Gasteiger partial charge in [0.1, 0.15) is 6.04 Å². The lowest BCUT2D eigenvalue weighted by molar-refractivity contribution is -0.121. The number of amides is 1. The van der Waals surface area contributed by atoms with Crippen LogP contribution in [-0.4, -0.2) is 70.9 Å². The van der Waals surface area contributed by atoms with Crippen molar-refractivity contribution < 1.29 is 17.9 Å². The van der Waals surface area contributed by atoms with Crippen LogP contribution in [-0.2, 0) is 26.0 Å². The molecule has 0 radical (unpaired) electrons. The van der Waals surface area contributed by atoms with Crippen molar-refractivity contribution in [2.24, 2.45) is 0 Å². The van der Waals surface area contributed by atoms with Gasteiger partial charge in [0, 0.05) is 26.2 Å². The average molecular weight is 384 g/mol. The first kappa shape index (κ1) is 20.7. The summed E-state index contributed by atoms with van der Waals surface area (Å²) >= 11 is 0. The maximum atomic E-state index is 12.5. The van der Waals surface area contributed by atoms with E-state index in [1.807, 2.05) is 19.1 Å². The number of carbonyl (C=O) groups is 1. The molecule has 0 aliphatic carbocycles. The molecule has 0 spiro atoms. The number of anilines is 1. The van der Waals surface area contributed by atoms with Crippen LogP contribution in [0.1, 0.15) is 19.4 Å². The molecule has 1 aliphatic heterocycles. The number of ether oxygens (including phenoxy) is 1. The second-order valence-electron chi connectivity index (χ2n) is 6.50. The maximum absolute atomic E-state index is 12.5. The molecule has 0 saturated carbocycles. The molecule has 0 bridgehead atoms. The Kier molecular flexibility index (Phi) is 7.43. The summed E-state index contributed by atoms with van der Waals surface area (Å²) < 4.78 is 31.0. The zero-order valence-corrected chi connectivity index (χ0v) is 16.6. The Morgan fingerprint density at radius 1 is 1.27 bits per heavy atom. The lowest BCUT2D eigenvalue weighted by atomic mass is 10.1. The van der Waals surface area contributed by atoms with Gasteiger partial charge in [-0.25, -0.2) is 8.42 Å². The lowest BCUT2D eigenvalue weighted by Crippen LogP contribution is -2.49. The number of hydrogen-bond donors (Lipinski definition) is 1. The molecule has 7 nitrogen and oxygen atoms in total. The third kappa shape index (κ3) is 5.69. The van der Waals surface area contributed by atoms with Crippen LogP contribution in [0.15, 0.2) is 24.3 Å². The Balaban J connectivity index is 2.00. The van der Waals surface area contributed by atoms with E-state index in [2.05, 4.69) is 10.2 Å². The van der Waals surface area contributed by atoms with Crippen molar-refractivity contribution in [3.05, 3.63) is 29.8 Å². The van der Waals surface area contributed by atoms with Crippen LogP contribution in [0, 0.1) is 0 Å².